The summed E-state index contributed by atoms with van der Waals surface area (Å²) in [7, 11) is 0. The lowest BCUT2D eigenvalue weighted by atomic mass is 9.85. The average molecular weight is 451 g/mol. The van der Waals surface area contributed by atoms with Crippen LogP contribution >= 0.6 is 0 Å². The van der Waals surface area contributed by atoms with Crippen molar-refractivity contribution >= 4 is 11.4 Å². The number of azo groups is 1. The third-order valence-electron chi connectivity index (χ3n) is 6.13. The minimum Gasteiger partial charge on any atom is -0.493 e. The number of unbranched alkanes of at least 4 members (excludes halogenated alkanes) is 9. The van der Waals surface area contributed by atoms with Crippen molar-refractivity contribution in [2.24, 2.45) is 10.2 Å². The summed E-state index contributed by atoms with van der Waals surface area (Å²) in [5.74, 6) is 1.02. The van der Waals surface area contributed by atoms with E-state index in [4.69, 9.17) is 4.74 Å². The van der Waals surface area contributed by atoms with E-state index in [1.54, 1.807) is 0 Å². The standard InChI is InChI=1S/C30H46N2O/c1-7-8-9-10-11-12-13-14-15-16-21-33-29-25(3)22-27(23-28(29)30(4,5)6)32-31-26-19-17-24(2)18-20-26/h17-20,22-23H,7-16,21H2,1-6H3/b32-31+. The smallest absolute Gasteiger partial charge is 0.126 e. The first-order chi connectivity index (χ1) is 15.8. The first-order valence-electron chi connectivity index (χ1n) is 13.1. The highest BCUT2D eigenvalue weighted by Gasteiger charge is 2.21. The molecule has 0 aliphatic rings. The zero-order valence-electron chi connectivity index (χ0n) is 22.0. The number of benzene rings is 2. The molecule has 0 aliphatic heterocycles. The average Bonchev–Trinajstić information content (AvgIpc) is 2.77. The number of rotatable bonds is 14. The molecule has 0 saturated carbocycles. The molecule has 0 aliphatic carbocycles. The van der Waals surface area contributed by atoms with Gasteiger partial charge >= 0.3 is 0 Å². The van der Waals surface area contributed by atoms with Gasteiger partial charge in [0.05, 0.1) is 18.0 Å². The van der Waals surface area contributed by atoms with Gasteiger partial charge in [-0.2, -0.15) is 10.2 Å². The fourth-order valence-corrected chi connectivity index (χ4v) is 4.05. The van der Waals surface area contributed by atoms with Crippen LogP contribution in [0, 0.1) is 13.8 Å². The molecule has 0 spiro atoms. The van der Waals surface area contributed by atoms with Crippen LogP contribution < -0.4 is 4.74 Å². The van der Waals surface area contributed by atoms with Crippen LogP contribution in [0.15, 0.2) is 46.6 Å². The summed E-state index contributed by atoms with van der Waals surface area (Å²) in [6.07, 6.45) is 13.4. The van der Waals surface area contributed by atoms with Crippen molar-refractivity contribution in [1.29, 1.82) is 0 Å². The quantitative estimate of drug-likeness (QED) is 0.208. The van der Waals surface area contributed by atoms with Gasteiger partial charge in [0.2, 0.25) is 0 Å². The molecule has 3 nitrogen and oxygen atoms in total. The van der Waals surface area contributed by atoms with E-state index in [1.807, 2.05) is 12.1 Å². The molecule has 0 saturated heterocycles. The van der Waals surface area contributed by atoms with Crippen LogP contribution in [0.25, 0.3) is 0 Å². The fraction of sp³-hybridized carbons (Fsp3) is 0.600. The molecule has 0 fully saturated rings. The second kappa shape index (κ2) is 14.2. The van der Waals surface area contributed by atoms with Gasteiger partial charge in [-0.3, -0.25) is 0 Å². The molecular weight excluding hydrogens is 404 g/mol. The molecule has 0 heterocycles. The molecule has 3 heteroatoms. The minimum atomic E-state index is -0.0206. The van der Waals surface area contributed by atoms with E-state index in [1.165, 1.54) is 68.9 Å². The number of aryl methyl sites for hydroxylation is 2. The van der Waals surface area contributed by atoms with E-state index in [-0.39, 0.29) is 5.41 Å². The Labute approximate surface area is 203 Å². The predicted molar refractivity (Wildman–Crippen MR) is 143 cm³/mol. The fourth-order valence-electron chi connectivity index (χ4n) is 4.05. The summed E-state index contributed by atoms with van der Waals surface area (Å²) in [4.78, 5) is 0. The topological polar surface area (TPSA) is 34.0 Å². The molecule has 0 radical (unpaired) electrons. The highest BCUT2D eigenvalue weighted by molar-refractivity contribution is 5.55. The Morgan fingerprint density at radius 1 is 0.697 bits per heavy atom. The van der Waals surface area contributed by atoms with Crippen molar-refractivity contribution in [3.8, 4) is 5.75 Å². The van der Waals surface area contributed by atoms with Gasteiger partial charge in [0.25, 0.3) is 0 Å². The maximum atomic E-state index is 6.33. The van der Waals surface area contributed by atoms with Crippen molar-refractivity contribution in [3.05, 3.63) is 53.1 Å². The van der Waals surface area contributed by atoms with Gasteiger partial charge in [-0.05, 0) is 55.5 Å². The van der Waals surface area contributed by atoms with Crippen molar-refractivity contribution in [3.63, 3.8) is 0 Å². The third-order valence-corrected chi connectivity index (χ3v) is 6.13. The highest BCUT2D eigenvalue weighted by atomic mass is 16.5. The van der Waals surface area contributed by atoms with Crippen LogP contribution in [0.1, 0.15) is 109 Å². The summed E-state index contributed by atoms with van der Waals surface area (Å²) >= 11 is 0. The molecule has 2 aromatic carbocycles. The van der Waals surface area contributed by atoms with E-state index < -0.39 is 0 Å². The van der Waals surface area contributed by atoms with Gasteiger partial charge in [-0.25, -0.2) is 0 Å². The Bertz CT molecular complexity index is 847. The monoisotopic (exact) mass is 450 g/mol. The van der Waals surface area contributed by atoms with E-state index in [2.05, 4.69) is 76.0 Å². The SMILES string of the molecule is CCCCCCCCCCCCOc1c(C)cc(/N=N/c2ccc(C)cc2)cc1C(C)(C)C. The van der Waals surface area contributed by atoms with E-state index in [0.29, 0.717) is 0 Å². The zero-order chi connectivity index (χ0) is 24.1. The highest BCUT2D eigenvalue weighted by Crippen LogP contribution is 2.38. The van der Waals surface area contributed by atoms with Gasteiger partial charge in [0.15, 0.2) is 0 Å². The molecule has 2 aromatic rings. The van der Waals surface area contributed by atoms with Crippen LogP contribution in [0.4, 0.5) is 11.4 Å². The number of hydrogen-bond donors (Lipinski definition) is 0. The lowest BCUT2D eigenvalue weighted by Gasteiger charge is -2.24. The molecule has 2 rings (SSSR count). The summed E-state index contributed by atoms with van der Waals surface area (Å²) in [5.41, 5.74) is 5.29. The van der Waals surface area contributed by atoms with Gasteiger partial charge in [-0.15, -0.1) is 0 Å². The summed E-state index contributed by atoms with van der Waals surface area (Å²) in [6, 6.07) is 12.3. The molecule has 0 aromatic heterocycles. The molecule has 0 N–H and O–H groups in total. The molecular formula is C30H46N2O. The number of ether oxygens (including phenoxy) is 1. The summed E-state index contributed by atoms with van der Waals surface area (Å²) in [6.45, 7) is 14.0. The largest absolute Gasteiger partial charge is 0.493 e. The first-order valence-corrected chi connectivity index (χ1v) is 13.1. The van der Waals surface area contributed by atoms with Gasteiger partial charge in [0, 0.05) is 5.56 Å². The van der Waals surface area contributed by atoms with Crippen LogP contribution in [-0.2, 0) is 5.41 Å². The van der Waals surface area contributed by atoms with E-state index >= 15 is 0 Å². The van der Waals surface area contributed by atoms with Crippen LogP contribution in [-0.4, -0.2) is 6.61 Å². The Morgan fingerprint density at radius 3 is 1.82 bits per heavy atom. The molecule has 0 unspecified atom stereocenters. The second-order valence-electron chi connectivity index (χ2n) is 10.5. The Balaban J connectivity index is 1.88. The third kappa shape index (κ3) is 10.1. The van der Waals surface area contributed by atoms with Crippen molar-refractivity contribution in [1.82, 2.24) is 0 Å². The lowest BCUT2D eigenvalue weighted by Crippen LogP contribution is -2.14. The van der Waals surface area contributed by atoms with E-state index in [0.717, 1.165) is 35.7 Å². The predicted octanol–water partition coefficient (Wildman–Crippen LogP) is 10.3. The van der Waals surface area contributed by atoms with Gasteiger partial charge in [0.1, 0.15) is 5.75 Å². The van der Waals surface area contributed by atoms with Gasteiger partial charge < -0.3 is 4.74 Å². The normalized spacial score (nSPS) is 11.9. The second-order valence-corrected chi connectivity index (χ2v) is 10.5. The molecule has 182 valence electrons. The lowest BCUT2D eigenvalue weighted by molar-refractivity contribution is 0.294. The first kappa shape index (κ1) is 27.1. The minimum absolute atomic E-state index is 0.0206. The summed E-state index contributed by atoms with van der Waals surface area (Å²) < 4.78 is 6.33. The molecule has 0 atom stereocenters. The summed E-state index contributed by atoms with van der Waals surface area (Å²) in [5, 5.41) is 8.94. The van der Waals surface area contributed by atoms with Crippen molar-refractivity contribution in [2.45, 2.75) is 111 Å². The molecule has 0 amide bonds. The van der Waals surface area contributed by atoms with Crippen LogP contribution in [0.5, 0.6) is 5.75 Å². The molecule has 0 bridgehead atoms. The van der Waals surface area contributed by atoms with Crippen LogP contribution in [0.3, 0.4) is 0 Å². The maximum absolute atomic E-state index is 6.33. The number of nitrogens with zero attached hydrogens (tertiary/aromatic N) is 2. The maximum Gasteiger partial charge on any atom is 0.126 e. The zero-order valence-corrected chi connectivity index (χ0v) is 22.0. The Hall–Kier alpha value is -2.16. The van der Waals surface area contributed by atoms with Gasteiger partial charge in [-0.1, -0.05) is 103 Å². The van der Waals surface area contributed by atoms with Crippen molar-refractivity contribution < 1.29 is 4.74 Å². The van der Waals surface area contributed by atoms with E-state index in [9.17, 15) is 0 Å². The molecule has 33 heavy (non-hydrogen) atoms. The Morgan fingerprint density at radius 2 is 1.24 bits per heavy atom. The Kier molecular flexibility index (Phi) is 11.6. The number of hydrogen-bond acceptors (Lipinski definition) is 3. The van der Waals surface area contributed by atoms with Crippen molar-refractivity contribution in [2.75, 3.05) is 6.61 Å². The van der Waals surface area contributed by atoms with Crippen LogP contribution in [0.2, 0.25) is 0 Å².